The normalized spacial score (nSPS) is 10.8. The average molecular weight is 343 g/mol. The second-order valence-electron chi connectivity index (χ2n) is 4.76. The van der Waals surface area contributed by atoms with E-state index in [1.807, 2.05) is 54.6 Å². The monoisotopic (exact) mass is 342 g/mol. The van der Waals surface area contributed by atoms with Gasteiger partial charge in [0.05, 0.1) is 5.69 Å². The number of pyridine rings is 1. The number of fused-ring (bicyclic) bond motifs is 1. The maximum atomic E-state index is 5.92. The maximum Gasteiger partial charge on any atom is 0.222 e. The van der Waals surface area contributed by atoms with E-state index in [9.17, 15) is 0 Å². The minimum absolute atomic E-state index is 0.397. The minimum Gasteiger partial charge on any atom is -0.472 e. The highest BCUT2D eigenvalue weighted by Gasteiger charge is 2.08. The standard InChI is InChI=1S/C17H15BrN2O/c18-14-7-6-13-8-15(10-19)20-17(16(13)9-14)21-11-12-4-2-1-3-5-12/h1-9H,10-11,19H2. The number of hydrogen-bond acceptors (Lipinski definition) is 3. The number of aromatic nitrogens is 1. The first kappa shape index (κ1) is 14.0. The van der Waals surface area contributed by atoms with Gasteiger partial charge in [-0.2, -0.15) is 0 Å². The molecule has 1 heterocycles. The van der Waals surface area contributed by atoms with Gasteiger partial charge in [-0.3, -0.25) is 0 Å². The highest BCUT2D eigenvalue weighted by molar-refractivity contribution is 9.10. The molecular weight excluding hydrogens is 328 g/mol. The van der Waals surface area contributed by atoms with Crippen LogP contribution in [0.15, 0.2) is 59.1 Å². The first-order valence-electron chi connectivity index (χ1n) is 6.72. The van der Waals surface area contributed by atoms with Crippen molar-refractivity contribution < 1.29 is 4.74 Å². The molecule has 3 nitrogen and oxygen atoms in total. The van der Waals surface area contributed by atoms with E-state index in [1.165, 1.54) is 0 Å². The molecule has 0 spiro atoms. The third-order valence-corrected chi connectivity index (χ3v) is 3.73. The van der Waals surface area contributed by atoms with E-state index < -0.39 is 0 Å². The molecule has 0 aliphatic carbocycles. The lowest BCUT2D eigenvalue weighted by Gasteiger charge is -2.11. The highest BCUT2D eigenvalue weighted by Crippen LogP contribution is 2.28. The fourth-order valence-corrected chi connectivity index (χ4v) is 2.54. The first-order chi connectivity index (χ1) is 10.3. The van der Waals surface area contributed by atoms with Crippen molar-refractivity contribution in [3.8, 4) is 5.88 Å². The fraction of sp³-hybridized carbons (Fsp3) is 0.118. The number of rotatable bonds is 4. The van der Waals surface area contributed by atoms with E-state index in [4.69, 9.17) is 10.5 Å². The van der Waals surface area contributed by atoms with Crippen LogP contribution in [0.2, 0.25) is 0 Å². The molecule has 21 heavy (non-hydrogen) atoms. The molecule has 0 radical (unpaired) electrons. The number of hydrogen-bond donors (Lipinski definition) is 1. The molecule has 0 unspecified atom stereocenters. The van der Waals surface area contributed by atoms with Gasteiger partial charge in [-0.25, -0.2) is 4.98 Å². The average Bonchev–Trinajstić information content (AvgIpc) is 2.53. The van der Waals surface area contributed by atoms with Crippen molar-refractivity contribution in [2.24, 2.45) is 5.73 Å². The van der Waals surface area contributed by atoms with Gasteiger partial charge in [-0.05, 0) is 29.1 Å². The highest BCUT2D eigenvalue weighted by atomic mass is 79.9. The Bertz CT molecular complexity index is 759. The summed E-state index contributed by atoms with van der Waals surface area (Å²) in [5, 5.41) is 2.06. The molecule has 1 aromatic heterocycles. The van der Waals surface area contributed by atoms with Crippen molar-refractivity contribution in [2.75, 3.05) is 0 Å². The smallest absolute Gasteiger partial charge is 0.222 e. The van der Waals surface area contributed by atoms with Gasteiger partial charge in [0.1, 0.15) is 6.61 Å². The minimum atomic E-state index is 0.397. The summed E-state index contributed by atoms with van der Waals surface area (Å²) in [4.78, 5) is 4.51. The van der Waals surface area contributed by atoms with Crippen LogP contribution in [0, 0.1) is 0 Å². The molecular formula is C17H15BrN2O. The van der Waals surface area contributed by atoms with Crippen molar-refractivity contribution in [3.63, 3.8) is 0 Å². The zero-order valence-corrected chi connectivity index (χ0v) is 13.0. The van der Waals surface area contributed by atoms with Gasteiger partial charge in [0.2, 0.25) is 5.88 Å². The number of nitrogens with two attached hydrogens (primary N) is 1. The molecule has 0 atom stereocenters. The van der Waals surface area contributed by atoms with Gasteiger partial charge in [0.25, 0.3) is 0 Å². The van der Waals surface area contributed by atoms with Crippen LogP contribution in [0.25, 0.3) is 10.8 Å². The molecule has 2 aromatic carbocycles. The van der Waals surface area contributed by atoms with E-state index in [0.717, 1.165) is 26.5 Å². The van der Waals surface area contributed by atoms with Crippen LogP contribution in [0.1, 0.15) is 11.3 Å². The van der Waals surface area contributed by atoms with Gasteiger partial charge in [0, 0.05) is 16.4 Å². The molecule has 0 bridgehead atoms. The summed E-state index contributed by atoms with van der Waals surface area (Å²) in [5.74, 6) is 0.623. The Morgan fingerprint density at radius 1 is 1.05 bits per heavy atom. The summed E-state index contributed by atoms with van der Waals surface area (Å²) in [6.07, 6.45) is 0. The van der Waals surface area contributed by atoms with E-state index in [0.29, 0.717) is 19.0 Å². The molecule has 0 aliphatic rings. The largest absolute Gasteiger partial charge is 0.472 e. The molecule has 3 rings (SSSR count). The van der Waals surface area contributed by atoms with Crippen molar-refractivity contribution in [1.82, 2.24) is 4.98 Å². The van der Waals surface area contributed by atoms with Gasteiger partial charge in [0.15, 0.2) is 0 Å². The Hall–Kier alpha value is -1.91. The van der Waals surface area contributed by atoms with Gasteiger partial charge in [-0.1, -0.05) is 52.3 Å². The van der Waals surface area contributed by atoms with Gasteiger partial charge < -0.3 is 10.5 Å². The third-order valence-electron chi connectivity index (χ3n) is 3.24. The molecule has 2 N–H and O–H groups in total. The Morgan fingerprint density at radius 2 is 1.86 bits per heavy atom. The lowest BCUT2D eigenvalue weighted by molar-refractivity contribution is 0.297. The molecule has 0 fully saturated rings. The summed E-state index contributed by atoms with van der Waals surface area (Å²) >= 11 is 3.49. The molecule has 0 saturated carbocycles. The van der Waals surface area contributed by atoms with Crippen LogP contribution in [-0.2, 0) is 13.2 Å². The molecule has 106 valence electrons. The predicted octanol–water partition coefficient (Wildman–Crippen LogP) is 4.04. The SMILES string of the molecule is NCc1cc2ccc(Br)cc2c(OCc2ccccc2)n1. The second-order valence-corrected chi connectivity index (χ2v) is 5.68. The summed E-state index contributed by atoms with van der Waals surface area (Å²) < 4.78 is 6.92. The van der Waals surface area contributed by atoms with Gasteiger partial charge >= 0.3 is 0 Å². The predicted molar refractivity (Wildman–Crippen MR) is 88.1 cm³/mol. The fourth-order valence-electron chi connectivity index (χ4n) is 2.18. The van der Waals surface area contributed by atoms with Crippen molar-refractivity contribution in [3.05, 3.63) is 70.3 Å². The number of halogens is 1. The Labute approximate surface area is 131 Å². The van der Waals surface area contributed by atoms with Crippen LogP contribution < -0.4 is 10.5 Å². The molecule has 3 aromatic rings. The van der Waals surface area contributed by atoms with Crippen LogP contribution in [0.5, 0.6) is 5.88 Å². The van der Waals surface area contributed by atoms with E-state index in [2.05, 4.69) is 20.9 Å². The van der Waals surface area contributed by atoms with E-state index in [-0.39, 0.29) is 0 Å². The summed E-state index contributed by atoms with van der Waals surface area (Å²) in [6.45, 7) is 0.886. The molecule has 0 aliphatic heterocycles. The molecule has 4 heteroatoms. The van der Waals surface area contributed by atoms with Crippen molar-refractivity contribution in [1.29, 1.82) is 0 Å². The number of ether oxygens (including phenoxy) is 1. The topological polar surface area (TPSA) is 48.1 Å². The molecule has 0 saturated heterocycles. The van der Waals surface area contributed by atoms with Crippen molar-refractivity contribution in [2.45, 2.75) is 13.2 Å². The zero-order chi connectivity index (χ0) is 14.7. The lowest BCUT2D eigenvalue weighted by atomic mass is 10.1. The Balaban J connectivity index is 1.97. The third kappa shape index (κ3) is 3.23. The first-order valence-corrected chi connectivity index (χ1v) is 7.51. The summed E-state index contributed by atoms with van der Waals surface area (Å²) in [7, 11) is 0. The van der Waals surface area contributed by atoms with Crippen molar-refractivity contribution >= 4 is 26.7 Å². The molecule has 0 amide bonds. The summed E-state index contributed by atoms with van der Waals surface area (Å²) in [5.41, 5.74) is 7.66. The quantitative estimate of drug-likeness (QED) is 0.778. The van der Waals surface area contributed by atoms with E-state index in [1.54, 1.807) is 0 Å². The van der Waals surface area contributed by atoms with Crippen LogP contribution in [-0.4, -0.2) is 4.98 Å². The summed E-state index contributed by atoms with van der Waals surface area (Å²) in [6, 6.07) is 18.1. The second kappa shape index (κ2) is 6.24. The zero-order valence-electron chi connectivity index (χ0n) is 11.4. The number of benzene rings is 2. The van der Waals surface area contributed by atoms with Crippen LogP contribution in [0.3, 0.4) is 0 Å². The Kier molecular flexibility index (Phi) is 4.18. The van der Waals surface area contributed by atoms with Crippen LogP contribution in [0.4, 0.5) is 0 Å². The lowest BCUT2D eigenvalue weighted by Crippen LogP contribution is -2.03. The maximum absolute atomic E-state index is 5.92. The number of nitrogens with zero attached hydrogens (tertiary/aromatic N) is 1. The Morgan fingerprint density at radius 3 is 2.62 bits per heavy atom. The van der Waals surface area contributed by atoms with Gasteiger partial charge in [-0.15, -0.1) is 0 Å². The van der Waals surface area contributed by atoms with E-state index >= 15 is 0 Å². The van der Waals surface area contributed by atoms with Crippen LogP contribution >= 0.6 is 15.9 Å².